The van der Waals surface area contributed by atoms with Crippen molar-refractivity contribution in [1.82, 2.24) is 0 Å². The minimum absolute atomic E-state index is 0.241. The van der Waals surface area contributed by atoms with E-state index in [0.29, 0.717) is 5.88 Å². The Morgan fingerprint density at radius 2 is 2.38 bits per heavy atom. The van der Waals surface area contributed by atoms with Crippen LogP contribution in [0.5, 0.6) is 0 Å². The standard InChI is InChI=1S/C6H6Cl2/c1-2-3-4-6(8)5-7/h2,6H,1,5H2. The quantitative estimate of drug-likeness (QED) is 0.395. The van der Waals surface area contributed by atoms with E-state index >= 15 is 0 Å². The zero-order chi connectivity index (χ0) is 6.41. The monoisotopic (exact) mass is 148 g/mol. The van der Waals surface area contributed by atoms with E-state index in [-0.39, 0.29) is 5.38 Å². The van der Waals surface area contributed by atoms with Crippen LogP contribution in [0.25, 0.3) is 0 Å². The lowest BCUT2D eigenvalue weighted by Crippen LogP contribution is -1.93. The third-order valence-electron chi connectivity index (χ3n) is 0.477. The molecule has 0 spiro atoms. The Balaban J connectivity index is 3.50. The zero-order valence-corrected chi connectivity index (χ0v) is 5.84. The molecule has 0 bridgehead atoms. The van der Waals surface area contributed by atoms with Crippen molar-refractivity contribution in [1.29, 1.82) is 0 Å². The molecule has 0 N–H and O–H groups in total. The van der Waals surface area contributed by atoms with Crippen LogP contribution in [-0.2, 0) is 0 Å². The highest BCUT2D eigenvalue weighted by molar-refractivity contribution is 6.29. The number of alkyl halides is 2. The SMILES string of the molecule is C=CC#CC(Cl)CCl. The van der Waals surface area contributed by atoms with E-state index in [1.807, 2.05) is 0 Å². The molecule has 0 saturated carbocycles. The highest BCUT2D eigenvalue weighted by Crippen LogP contribution is 1.94. The molecule has 0 aliphatic rings. The highest BCUT2D eigenvalue weighted by atomic mass is 35.5. The van der Waals surface area contributed by atoms with Gasteiger partial charge in [-0.1, -0.05) is 18.4 Å². The summed E-state index contributed by atoms with van der Waals surface area (Å²) in [5.41, 5.74) is 0. The first-order valence-corrected chi connectivity index (χ1v) is 3.10. The molecular weight excluding hydrogens is 143 g/mol. The molecule has 0 fully saturated rings. The van der Waals surface area contributed by atoms with Crippen molar-refractivity contribution >= 4 is 23.2 Å². The number of rotatable bonds is 1. The maximum absolute atomic E-state index is 5.49. The average molecular weight is 149 g/mol. The second kappa shape index (κ2) is 5.03. The Kier molecular flexibility index (Phi) is 4.95. The van der Waals surface area contributed by atoms with Gasteiger partial charge in [0, 0.05) is 5.88 Å². The fourth-order valence-corrected chi connectivity index (χ4v) is 0.328. The van der Waals surface area contributed by atoms with Gasteiger partial charge in [0.25, 0.3) is 0 Å². The molecule has 0 aliphatic heterocycles. The summed E-state index contributed by atoms with van der Waals surface area (Å²) in [6.45, 7) is 3.39. The van der Waals surface area contributed by atoms with Crippen molar-refractivity contribution in [3.05, 3.63) is 12.7 Å². The first-order valence-electron chi connectivity index (χ1n) is 2.13. The molecule has 0 radical (unpaired) electrons. The molecule has 2 heteroatoms. The van der Waals surface area contributed by atoms with E-state index in [1.165, 1.54) is 6.08 Å². The summed E-state index contributed by atoms with van der Waals surface area (Å²) < 4.78 is 0. The van der Waals surface area contributed by atoms with Gasteiger partial charge in [-0.25, -0.2) is 0 Å². The van der Waals surface area contributed by atoms with Gasteiger partial charge in [-0.05, 0) is 6.08 Å². The Morgan fingerprint density at radius 1 is 1.75 bits per heavy atom. The molecular formula is C6H6Cl2. The fourth-order valence-electron chi connectivity index (χ4n) is 0.188. The first-order chi connectivity index (χ1) is 3.81. The lowest BCUT2D eigenvalue weighted by molar-refractivity contribution is 1.29. The number of allylic oxidation sites excluding steroid dienone is 1. The van der Waals surface area contributed by atoms with Crippen molar-refractivity contribution in [2.24, 2.45) is 0 Å². The van der Waals surface area contributed by atoms with Crippen LogP contribution < -0.4 is 0 Å². The molecule has 0 saturated heterocycles. The molecule has 8 heavy (non-hydrogen) atoms. The third kappa shape index (κ3) is 4.05. The smallest absolute Gasteiger partial charge is 0.108 e. The average Bonchev–Trinajstić information content (AvgIpc) is 1.83. The Hall–Kier alpha value is -0.120. The normalized spacial score (nSPS) is 11.2. The summed E-state index contributed by atoms with van der Waals surface area (Å²) in [5.74, 6) is 5.61. The summed E-state index contributed by atoms with van der Waals surface area (Å²) in [7, 11) is 0. The maximum atomic E-state index is 5.49. The van der Waals surface area contributed by atoms with Gasteiger partial charge in [-0.3, -0.25) is 0 Å². The van der Waals surface area contributed by atoms with Crippen molar-refractivity contribution in [2.75, 3.05) is 5.88 Å². The highest BCUT2D eigenvalue weighted by Gasteiger charge is 1.91. The molecule has 0 heterocycles. The molecule has 0 nitrogen and oxygen atoms in total. The minimum atomic E-state index is -0.241. The summed E-state index contributed by atoms with van der Waals surface area (Å²) in [4.78, 5) is 0. The number of hydrogen-bond donors (Lipinski definition) is 0. The van der Waals surface area contributed by atoms with E-state index < -0.39 is 0 Å². The summed E-state index contributed by atoms with van der Waals surface area (Å²) in [6.07, 6.45) is 1.49. The summed E-state index contributed by atoms with van der Waals surface area (Å²) in [5, 5.41) is -0.241. The van der Waals surface area contributed by atoms with Crippen LogP contribution >= 0.6 is 23.2 Å². The van der Waals surface area contributed by atoms with Crippen LogP contribution in [0.3, 0.4) is 0 Å². The van der Waals surface area contributed by atoms with Crippen LogP contribution in [0.4, 0.5) is 0 Å². The number of halogens is 2. The van der Waals surface area contributed by atoms with Crippen molar-refractivity contribution in [3.8, 4) is 11.8 Å². The minimum Gasteiger partial charge on any atom is -0.124 e. The molecule has 0 rings (SSSR count). The van der Waals surface area contributed by atoms with Crippen molar-refractivity contribution < 1.29 is 0 Å². The molecule has 44 valence electrons. The maximum Gasteiger partial charge on any atom is 0.108 e. The Labute approximate surface area is 59.5 Å². The van der Waals surface area contributed by atoms with E-state index in [2.05, 4.69) is 18.4 Å². The third-order valence-corrected chi connectivity index (χ3v) is 1.21. The van der Waals surface area contributed by atoms with Crippen LogP contribution in [0.2, 0.25) is 0 Å². The summed E-state index contributed by atoms with van der Waals surface area (Å²) in [6, 6.07) is 0. The van der Waals surface area contributed by atoms with Gasteiger partial charge >= 0.3 is 0 Å². The fraction of sp³-hybridized carbons (Fsp3) is 0.333. The van der Waals surface area contributed by atoms with Crippen molar-refractivity contribution in [3.63, 3.8) is 0 Å². The van der Waals surface area contributed by atoms with Crippen LogP contribution in [0, 0.1) is 11.8 Å². The predicted molar refractivity (Wildman–Crippen MR) is 38.3 cm³/mol. The van der Waals surface area contributed by atoms with Gasteiger partial charge in [0.2, 0.25) is 0 Å². The van der Waals surface area contributed by atoms with E-state index in [4.69, 9.17) is 23.2 Å². The zero-order valence-electron chi connectivity index (χ0n) is 4.32. The summed E-state index contributed by atoms with van der Waals surface area (Å²) >= 11 is 10.8. The molecule has 0 aliphatic carbocycles. The molecule has 0 aromatic heterocycles. The van der Waals surface area contributed by atoms with Gasteiger partial charge < -0.3 is 0 Å². The van der Waals surface area contributed by atoms with E-state index in [9.17, 15) is 0 Å². The molecule has 0 aromatic rings. The van der Waals surface area contributed by atoms with Gasteiger partial charge in [-0.2, -0.15) is 0 Å². The van der Waals surface area contributed by atoms with Gasteiger partial charge in [0.05, 0.1) is 0 Å². The van der Waals surface area contributed by atoms with E-state index in [0.717, 1.165) is 0 Å². The van der Waals surface area contributed by atoms with Gasteiger partial charge in [0.1, 0.15) is 5.38 Å². The Morgan fingerprint density at radius 3 is 2.75 bits per heavy atom. The largest absolute Gasteiger partial charge is 0.124 e. The molecule has 1 atom stereocenters. The van der Waals surface area contributed by atoms with Crippen LogP contribution in [0.15, 0.2) is 12.7 Å². The second-order valence-electron chi connectivity index (χ2n) is 1.11. The number of hydrogen-bond acceptors (Lipinski definition) is 0. The lowest BCUT2D eigenvalue weighted by atomic mass is 10.4. The van der Waals surface area contributed by atoms with E-state index in [1.54, 1.807) is 0 Å². The molecule has 1 unspecified atom stereocenters. The van der Waals surface area contributed by atoms with Crippen LogP contribution in [-0.4, -0.2) is 11.3 Å². The lowest BCUT2D eigenvalue weighted by Gasteiger charge is -1.87. The van der Waals surface area contributed by atoms with Crippen molar-refractivity contribution in [2.45, 2.75) is 5.38 Å². The Bertz CT molecular complexity index is 118. The second-order valence-corrected chi connectivity index (χ2v) is 1.95. The molecule has 0 aromatic carbocycles. The van der Waals surface area contributed by atoms with Gasteiger partial charge in [-0.15, -0.1) is 23.2 Å². The predicted octanol–water partition coefficient (Wildman–Crippen LogP) is 2.02. The first kappa shape index (κ1) is 7.88. The molecule has 0 amide bonds. The topological polar surface area (TPSA) is 0 Å². The van der Waals surface area contributed by atoms with Gasteiger partial charge in [0.15, 0.2) is 0 Å². The van der Waals surface area contributed by atoms with Crippen LogP contribution in [0.1, 0.15) is 0 Å².